The SMILES string of the molecule is Cc1cc(-c2cc(Cl)c3c(c2)CN(C2CC2)C3)ncn1. The van der Waals surface area contributed by atoms with Gasteiger partial charge in [-0.3, -0.25) is 4.90 Å². The summed E-state index contributed by atoms with van der Waals surface area (Å²) >= 11 is 6.48. The van der Waals surface area contributed by atoms with E-state index in [1.165, 1.54) is 24.0 Å². The molecule has 0 amide bonds. The van der Waals surface area contributed by atoms with Gasteiger partial charge in [0.05, 0.1) is 5.69 Å². The zero-order valence-electron chi connectivity index (χ0n) is 11.4. The van der Waals surface area contributed by atoms with Crippen molar-refractivity contribution >= 4 is 11.6 Å². The van der Waals surface area contributed by atoms with E-state index in [9.17, 15) is 0 Å². The molecule has 20 heavy (non-hydrogen) atoms. The first-order chi connectivity index (χ1) is 9.70. The van der Waals surface area contributed by atoms with Crippen LogP contribution in [0.15, 0.2) is 24.5 Å². The van der Waals surface area contributed by atoms with Crippen LogP contribution in [0.25, 0.3) is 11.3 Å². The molecule has 102 valence electrons. The van der Waals surface area contributed by atoms with Gasteiger partial charge in [-0.15, -0.1) is 0 Å². The largest absolute Gasteiger partial charge is 0.292 e. The lowest BCUT2D eigenvalue weighted by Crippen LogP contribution is -2.18. The van der Waals surface area contributed by atoms with Crippen LogP contribution < -0.4 is 0 Å². The number of nitrogens with zero attached hydrogens (tertiary/aromatic N) is 3. The van der Waals surface area contributed by atoms with Crippen molar-refractivity contribution in [2.75, 3.05) is 0 Å². The maximum Gasteiger partial charge on any atom is 0.116 e. The fraction of sp³-hybridized carbons (Fsp3) is 0.375. The number of benzene rings is 1. The van der Waals surface area contributed by atoms with E-state index in [0.29, 0.717) is 0 Å². The topological polar surface area (TPSA) is 29.0 Å². The van der Waals surface area contributed by atoms with E-state index in [1.807, 2.05) is 19.1 Å². The molecule has 3 nitrogen and oxygen atoms in total. The predicted molar refractivity (Wildman–Crippen MR) is 79.5 cm³/mol. The summed E-state index contributed by atoms with van der Waals surface area (Å²) in [6, 6.07) is 7.07. The van der Waals surface area contributed by atoms with Crippen molar-refractivity contribution in [1.82, 2.24) is 14.9 Å². The van der Waals surface area contributed by atoms with Crippen molar-refractivity contribution in [3.8, 4) is 11.3 Å². The molecule has 2 aromatic rings. The third-order valence-electron chi connectivity index (χ3n) is 4.19. The van der Waals surface area contributed by atoms with Gasteiger partial charge in [0.1, 0.15) is 6.33 Å². The molecule has 0 bridgehead atoms. The van der Waals surface area contributed by atoms with Crippen molar-refractivity contribution < 1.29 is 0 Å². The molecule has 2 aliphatic rings. The maximum atomic E-state index is 6.48. The summed E-state index contributed by atoms with van der Waals surface area (Å²) in [7, 11) is 0. The fourth-order valence-corrected chi connectivity index (χ4v) is 3.25. The number of aromatic nitrogens is 2. The van der Waals surface area contributed by atoms with Crippen molar-refractivity contribution in [1.29, 1.82) is 0 Å². The van der Waals surface area contributed by atoms with Crippen molar-refractivity contribution in [3.05, 3.63) is 46.4 Å². The smallest absolute Gasteiger partial charge is 0.116 e. The Morgan fingerprint density at radius 1 is 1.15 bits per heavy atom. The lowest BCUT2D eigenvalue weighted by molar-refractivity contribution is 0.273. The molecule has 0 radical (unpaired) electrons. The van der Waals surface area contributed by atoms with Crippen LogP contribution in [0.4, 0.5) is 0 Å². The molecule has 0 atom stereocenters. The van der Waals surface area contributed by atoms with E-state index in [-0.39, 0.29) is 0 Å². The number of hydrogen-bond donors (Lipinski definition) is 0. The van der Waals surface area contributed by atoms with E-state index in [2.05, 4.69) is 20.9 Å². The molecule has 2 heterocycles. The predicted octanol–water partition coefficient (Wildman–Crippen LogP) is 3.58. The fourth-order valence-electron chi connectivity index (χ4n) is 2.95. The first-order valence-electron chi connectivity index (χ1n) is 7.05. The Morgan fingerprint density at radius 2 is 2.00 bits per heavy atom. The van der Waals surface area contributed by atoms with Crippen LogP contribution in [0.5, 0.6) is 0 Å². The number of fused-ring (bicyclic) bond motifs is 1. The Bertz CT molecular complexity index is 679. The Kier molecular flexibility index (Phi) is 2.79. The normalized spacial score (nSPS) is 18.3. The second kappa shape index (κ2) is 4.54. The highest BCUT2D eigenvalue weighted by molar-refractivity contribution is 6.31. The molecule has 4 heteroatoms. The van der Waals surface area contributed by atoms with Gasteiger partial charge in [-0.1, -0.05) is 11.6 Å². The summed E-state index contributed by atoms with van der Waals surface area (Å²) in [6.45, 7) is 4.01. The molecular weight excluding hydrogens is 270 g/mol. The number of aryl methyl sites for hydroxylation is 1. The second-order valence-corrected chi connectivity index (χ2v) is 6.18. The van der Waals surface area contributed by atoms with Crippen molar-refractivity contribution in [3.63, 3.8) is 0 Å². The monoisotopic (exact) mass is 285 g/mol. The molecule has 0 saturated heterocycles. The summed E-state index contributed by atoms with van der Waals surface area (Å²) in [4.78, 5) is 11.0. The molecule has 0 N–H and O–H groups in total. The van der Waals surface area contributed by atoms with Crippen LogP contribution in [-0.4, -0.2) is 20.9 Å². The highest BCUT2D eigenvalue weighted by Crippen LogP contribution is 2.39. The Balaban J connectivity index is 1.74. The molecule has 1 aromatic heterocycles. The van der Waals surface area contributed by atoms with E-state index in [4.69, 9.17) is 11.6 Å². The van der Waals surface area contributed by atoms with Gasteiger partial charge in [0.25, 0.3) is 0 Å². The average molecular weight is 286 g/mol. The van der Waals surface area contributed by atoms with Gasteiger partial charge in [0.2, 0.25) is 0 Å². The van der Waals surface area contributed by atoms with Crippen LogP contribution in [0.1, 0.15) is 29.7 Å². The molecule has 1 aliphatic carbocycles. The minimum atomic E-state index is 0.781. The number of hydrogen-bond acceptors (Lipinski definition) is 3. The molecule has 1 saturated carbocycles. The molecule has 0 unspecified atom stereocenters. The third-order valence-corrected chi connectivity index (χ3v) is 4.52. The van der Waals surface area contributed by atoms with Crippen molar-refractivity contribution in [2.24, 2.45) is 0 Å². The highest BCUT2D eigenvalue weighted by atomic mass is 35.5. The molecule has 1 aliphatic heterocycles. The Morgan fingerprint density at radius 3 is 2.75 bits per heavy atom. The highest BCUT2D eigenvalue weighted by Gasteiger charge is 2.34. The molecule has 1 aromatic carbocycles. The quantitative estimate of drug-likeness (QED) is 0.844. The first-order valence-corrected chi connectivity index (χ1v) is 7.43. The van der Waals surface area contributed by atoms with Gasteiger partial charge >= 0.3 is 0 Å². The molecule has 0 spiro atoms. The summed E-state index contributed by atoms with van der Waals surface area (Å²) in [5.74, 6) is 0. The average Bonchev–Trinajstić information content (AvgIpc) is 3.18. The summed E-state index contributed by atoms with van der Waals surface area (Å²) < 4.78 is 0. The van der Waals surface area contributed by atoms with Crippen LogP contribution in [-0.2, 0) is 13.1 Å². The lowest BCUT2D eigenvalue weighted by Gasteiger charge is -2.12. The first kappa shape index (κ1) is 12.3. The Labute approximate surface area is 123 Å². The van der Waals surface area contributed by atoms with Gasteiger partial charge in [-0.2, -0.15) is 0 Å². The standard InChI is InChI=1S/C16H16ClN3/c1-10-4-16(19-9-18-10)11-5-12-7-20(13-2-3-13)8-14(12)15(17)6-11/h4-6,9,13H,2-3,7-8H2,1H3. The van der Waals surface area contributed by atoms with E-state index < -0.39 is 0 Å². The van der Waals surface area contributed by atoms with Crippen LogP contribution in [0.3, 0.4) is 0 Å². The Hall–Kier alpha value is -1.45. The van der Waals surface area contributed by atoms with Gasteiger partial charge in [0.15, 0.2) is 0 Å². The second-order valence-electron chi connectivity index (χ2n) is 5.78. The zero-order valence-corrected chi connectivity index (χ0v) is 12.2. The summed E-state index contributed by atoms with van der Waals surface area (Å²) in [5.41, 5.74) is 5.68. The van der Waals surface area contributed by atoms with E-state index in [0.717, 1.165) is 41.1 Å². The van der Waals surface area contributed by atoms with Gasteiger partial charge in [-0.05, 0) is 49.1 Å². The minimum absolute atomic E-state index is 0.781. The molecular formula is C16H16ClN3. The molecule has 4 rings (SSSR count). The van der Waals surface area contributed by atoms with E-state index >= 15 is 0 Å². The minimum Gasteiger partial charge on any atom is -0.292 e. The number of halogens is 1. The van der Waals surface area contributed by atoms with Crippen LogP contribution in [0.2, 0.25) is 5.02 Å². The number of rotatable bonds is 2. The molecule has 1 fully saturated rings. The summed E-state index contributed by atoms with van der Waals surface area (Å²) in [5, 5.41) is 0.872. The third kappa shape index (κ3) is 2.11. The lowest BCUT2D eigenvalue weighted by atomic mass is 10.0. The summed E-state index contributed by atoms with van der Waals surface area (Å²) in [6.07, 6.45) is 4.29. The van der Waals surface area contributed by atoms with E-state index in [1.54, 1.807) is 6.33 Å². The van der Waals surface area contributed by atoms with Crippen LogP contribution >= 0.6 is 11.6 Å². The van der Waals surface area contributed by atoms with Crippen molar-refractivity contribution in [2.45, 2.75) is 38.9 Å². The van der Waals surface area contributed by atoms with Gasteiger partial charge in [0, 0.05) is 35.4 Å². The van der Waals surface area contributed by atoms with Crippen LogP contribution in [0, 0.1) is 6.92 Å². The zero-order chi connectivity index (χ0) is 13.7. The van der Waals surface area contributed by atoms with Gasteiger partial charge in [-0.25, -0.2) is 9.97 Å². The maximum absolute atomic E-state index is 6.48. The van der Waals surface area contributed by atoms with Gasteiger partial charge < -0.3 is 0 Å².